The van der Waals surface area contributed by atoms with E-state index in [4.69, 9.17) is 20.9 Å². The molecule has 0 saturated carbocycles. The predicted octanol–water partition coefficient (Wildman–Crippen LogP) is 2.70. The van der Waals surface area contributed by atoms with Crippen molar-refractivity contribution in [1.82, 2.24) is 10.1 Å². The van der Waals surface area contributed by atoms with Crippen molar-refractivity contribution in [2.75, 3.05) is 0 Å². The number of rotatable bonds is 6. The molecule has 1 rings (SSSR count). The fraction of sp³-hybridized carbons (Fsp3) is 0.455. The summed E-state index contributed by atoms with van der Waals surface area (Å²) in [7, 11) is -2.27. The molecule has 0 amide bonds. The van der Waals surface area contributed by atoms with E-state index in [1.807, 2.05) is 0 Å². The van der Waals surface area contributed by atoms with Crippen LogP contribution >= 0.6 is 19.8 Å². The fourth-order valence-corrected chi connectivity index (χ4v) is 2.04. The summed E-state index contributed by atoms with van der Waals surface area (Å²) in [5.41, 5.74) is 0. The number of esters is 1. The third kappa shape index (κ3) is 5.96. The van der Waals surface area contributed by atoms with Crippen molar-refractivity contribution >= 4 is 25.7 Å². The Labute approximate surface area is 117 Å². The number of aromatic nitrogens is 1. The third-order valence-electron chi connectivity index (χ3n) is 1.87. The first-order chi connectivity index (χ1) is 8.88. The average molecular weight is 306 g/mol. The molecule has 0 aliphatic rings. The molecule has 1 N–H and O–H groups in total. The highest BCUT2D eigenvalue weighted by molar-refractivity contribution is 7.37. The highest BCUT2D eigenvalue weighted by atomic mass is 35.5. The van der Waals surface area contributed by atoms with E-state index in [0.717, 1.165) is 0 Å². The Hall–Kier alpha value is -1.23. The zero-order chi connectivity index (χ0) is 14.4. The van der Waals surface area contributed by atoms with Crippen molar-refractivity contribution in [2.24, 2.45) is 0 Å². The maximum absolute atomic E-state index is 11.7. The Balaban J connectivity index is 2.49. The van der Waals surface area contributed by atoms with Gasteiger partial charge in [-0.2, -0.15) is 0 Å². The first-order valence-corrected chi connectivity index (χ1v) is 7.16. The number of hydrogen-bond donors (Lipinski definition) is 1. The molecule has 0 aliphatic carbocycles. The predicted molar refractivity (Wildman–Crippen MR) is 71.3 cm³/mol. The van der Waals surface area contributed by atoms with Gasteiger partial charge in [-0.1, -0.05) is 16.7 Å². The lowest BCUT2D eigenvalue weighted by Gasteiger charge is -2.10. The van der Waals surface area contributed by atoms with Crippen LogP contribution in [0.5, 0.6) is 5.75 Å². The average Bonchev–Trinajstić information content (AvgIpc) is 2.27. The number of nitrogens with zero attached hydrogens (tertiary/aromatic N) is 1. The van der Waals surface area contributed by atoms with Gasteiger partial charge in [-0.25, -0.2) is 4.52 Å². The van der Waals surface area contributed by atoms with E-state index < -0.39 is 20.2 Å². The van der Waals surface area contributed by atoms with Crippen LogP contribution in [0.1, 0.15) is 20.8 Å². The minimum absolute atomic E-state index is 0.229. The summed E-state index contributed by atoms with van der Waals surface area (Å²) in [4.78, 5) is 15.3. The highest BCUT2D eigenvalue weighted by Crippen LogP contribution is 2.25. The van der Waals surface area contributed by atoms with Gasteiger partial charge >= 0.3 is 14.1 Å². The zero-order valence-corrected chi connectivity index (χ0v) is 12.4. The minimum Gasteiger partial charge on any atom is -0.462 e. The molecule has 0 aliphatic heterocycles. The topological polar surface area (TPSA) is 77.5 Å². The summed E-state index contributed by atoms with van der Waals surface area (Å²) in [6.07, 6.45) is 2.57. The van der Waals surface area contributed by atoms with Gasteiger partial charge in [0.2, 0.25) is 5.75 Å². The quantitative estimate of drug-likeness (QED) is 0.643. The molecule has 1 heterocycles. The monoisotopic (exact) mass is 305 g/mol. The molecule has 1 aromatic rings. The molecular formula is C11H15ClN2O4P+. The Morgan fingerprint density at radius 2 is 2.11 bits per heavy atom. The first-order valence-electron chi connectivity index (χ1n) is 5.61. The van der Waals surface area contributed by atoms with E-state index >= 15 is 0 Å². The second kappa shape index (κ2) is 7.38. The van der Waals surface area contributed by atoms with Gasteiger partial charge < -0.3 is 4.74 Å². The molecule has 0 bridgehead atoms. The Morgan fingerprint density at radius 1 is 1.42 bits per heavy atom. The zero-order valence-electron chi connectivity index (χ0n) is 10.8. The Kier molecular flexibility index (Phi) is 6.15. The molecule has 1 unspecified atom stereocenters. The SMILES string of the molecule is CC(C)OC(=O)[C@@H](C)N[P+](=O)Oc1cncc(Cl)c1. The molecular weight excluding hydrogens is 291 g/mol. The number of ether oxygens (including phenoxy) is 1. The molecule has 0 aromatic carbocycles. The minimum atomic E-state index is -2.27. The van der Waals surface area contributed by atoms with Crippen LogP contribution in [0.2, 0.25) is 5.02 Å². The lowest BCUT2D eigenvalue weighted by atomic mass is 10.4. The number of nitrogens with one attached hydrogen (secondary N) is 1. The van der Waals surface area contributed by atoms with E-state index in [1.165, 1.54) is 25.4 Å². The number of carbonyl (C=O) groups is 1. The van der Waals surface area contributed by atoms with E-state index in [9.17, 15) is 9.36 Å². The highest BCUT2D eigenvalue weighted by Gasteiger charge is 2.29. The molecule has 0 fully saturated rings. The van der Waals surface area contributed by atoms with Crippen LogP contribution in [-0.4, -0.2) is 23.1 Å². The normalized spacial score (nSPS) is 13.0. The second-order valence-electron chi connectivity index (χ2n) is 4.02. The lowest BCUT2D eigenvalue weighted by molar-refractivity contribution is -0.148. The van der Waals surface area contributed by atoms with Gasteiger partial charge in [-0.05, 0) is 20.8 Å². The van der Waals surface area contributed by atoms with Crippen molar-refractivity contribution in [1.29, 1.82) is 0 Å². The van der Waals surface area contributed by atoms with Crippen LogP contribution in [0, 0.1) is 0 Å². The summed E-state index contributed by atoms with van der Waals surface area (Å²) < 4.78 is 21.7. The van der Waals surface area contributed by atoms with Crippen molar-refractivity contribution in [3.05, 3.63) is 23.5 Å². The summed E-state index contributed by atoms with van der Waals surface area (Å²) in [5, 5.41) is 2.86. The van der Waals surface area contributed by atoms with Crippen LogP contribution in [0.25, 0.3) is 0 Å². The summed E-state index contributed by atoms with van der Waals surface area (Å²) in [6.45, 7) is 5.01. The van der Waals surface area contributed by atoms with Crippen molar-refractivity contribution in [3.63, 3.8) is 0 Å². The molecule has 6 nitrogen and oxygen atoms in total. The summed E-state index contributed by atoms with van der Waals surface area (Å²) in [5.74, 6) is -0.239. The number of carbonyl (C=O) groups excluding carboxylic acids is 1. The van der Waals surface area contributed by atoms with Crippen LogP contribution < -0.4 is 9.61 Å². The van der Waals surface area contributed by atoms with Crippen molar-refractivity contribution in [2.45, 2.75) is 32.9 Å². The smallest absolute Gasteiger partial charge is 0.462 e. The molecule has 1 aromatic heterocycles. The lowest BCUT2D eigenvalue weighted by Crippen LogP contribution is -2.33. The van der Waals surface area contributed by atoms with E-state index in [0.29, 0.717) is 5.02 Å². The van der Waals surface area contributed by atoms with Gasteiger partial charge in [-0.15, -0.1) is 0 Å². The molecule has 2 atom stereocenters. The molecule has 104 valence electrons. The van der Waals surface area contributed by atoms with E-state index in [2.05, 4.69) is 10.1 Å². The Morgan fingerprint density at radius 3 is 2.68 bits per heavy atom. The summed E-state index contributed by atoms with van der Waals surface area (Å²) >= 11 is 5.71. The van der Waals surface area contributed by atoms with Gasteiger partial charge in [0.15, 0.2) is 0 Å². The van der Waals surface area contributed by atoms with Crippen LogP contribution in [0.15, 0.2) is 18.5 Å². The molecule has 8 heteroatoms. The van der Waals surface area contributed by atoms with E-state index in [1.54, 1.807) is 13.8 Å². The summed E-state index contributed by atoms with van der Waals surface area (Å²) in [6, 6.07) is 0.735. The van der Waals surface area contributed by atoms with Gasteiger partial charge in [0.1, 0.15) is 6.04 Å². The van der Waals surface area contributed by atoms with Crippen LogP contribution in [0.3, 0.4) is 0 Å². The first kappa shape index (κ1) is 15.8. The maximum Gasteiger partial charge on any atom is 0.664 e. The van der Waals surface area contributed by atoms with Crippen molar-refractivity contribution in [3.8, 4) is 5.75 Å². The molecule has 19 heavy (non-hydrogen) atoms. The van der Waals surface area contributed by atoms with Gasteiger partial charge in [-0.3, -0.25) is 9.78 Å². The van der Waals surface area contributed by atoms with Gasteiger partial charge in [0, 0.05) is 16.8 Å². The molecule has 0 radical (unpaired) electrons. The molecule has 0 saturated heterocycles. The van der Waals surface area contributed by atoms with Crippen LogP contribution in [-0.2, 0) is 14.1 Å². The Bertz CT molecular complexity index is 470. The maximum atomic E-state index is 11.7. The largest absolute Gasteiger partial charge is 0.664 e. The fourth-order valence-electron chi connectivity index (χ4n) is 1.11. The van der Waals surface area contributed by atoms with Crippen LogP contribution in [0.4, 0.5) is 0 Å². The third-order valence-corrected chi connectivity index (χ3v) is 3.05. The standard InChI is InChI=1S/C11H15ClN2O4P/c1-7(2)17-11(15)8(3)14-19(16)18-10-4-9(12)5-13-6-10/h4-8H,1-3H3,(H,14,16)/q+1/t8-/m1/s1. The van der Waals surface area contributed by atoms with E-state index in [-0.39, 0.29) is 11.9 Å². The number of pyridine rings is 1. The van der Waals surface area contributed by atoms with Gasteiger partial charge in [0.05, 0.1) is 17.3 Å². The number of hydrogen-bond acceptors (Lipinski definition) is 5. The van der Waals surface area contributed by atoms with Gasteiger partial charge in [0.25, 0.3) is 0 Å². The second-order valence-corrected chi connectivity index (χ2v) is 5.42. The number of halogens is 1. The molecule has 0 spiro atoms. The van der Waals surface area contributed by atoms with Crippen molar-refractivity contribution < 1.29 is 18.6 Å².